The molecule has 5 nitrogen and oxygen atoms in total. The van der Waals surface area contributed by atoms with E-state index in [1.165, 1.54) is 6.07 Å². The number of piperidine rings is 1. The molecule has 2 aliphatic rings. The Bertz CT molecular complexity index is 1100. The number of rotatable bonds is 10. The van der Waals surface area contributed by atoms with Gasteiger partial charge in [-0.25, -0.2) is 4.39 Å². The normalized spacial score (nSPS) is 15.9. The van der Waals surface area contributed by atoms with Gasteiger partial charge in [-0.3, -0.25) is 14.4 Å². The minimum Gasteiger partial charge on any atom is -0.493 e. The van der Waals surface area contributed by atoms with Crippen molar-refractivity contribution in [3.05, 3.63) is 62.9 Å². The summed E-state index contributed by atoms with van der Waals surface area (Å²) in [5, 5.41) is 1.22. The van der Waals surface area contributed by atoms with E-state index < -0.39 is 17.3 Å². The largest absolute Gasteiger partial charge is 0.493 e. The summed E-state index contributed by atoms with van der Waals surface area (Å²) in [6.07, 6.45) is 5.70. The summed E-state index contributed by atoms with van der Waals surface area (Å²) in [6, 6.07) is 8.72. The first-order valence-electron chi connectivity index (χ1n) is 15.7. The molecule has 1 heterocycles. The van der Waals surface area contributed by atoms with E-state index in [1.54, 1.807) is 25.5 Å². The van der Waals surface area contributed by atoms with Gasteiger partial charge in [0.15, 0.2) is 0 Å². The lowest BCUT2D eigenvalue weighted by Crippen LogP contribution is -2.47. The van der Waals surface area contributed by atoms with Gasteiger partial charge in [0.1, 0.15) is 11.6 Å². The fraction of sp³-hybridized carbons (Fsp3) is 0.618. The Morgan fingerprint density at radius 3 is 2.05 bits per heavy atom. The molecule has 1 atom stereocenters. The van der Waals surface area contributed by atoms with Crippen LogP contribution in [-0.4, -0.2) is 49.5 Å². The van der Waals surface area contributed by atoms with Crippen molar-refractivity contribution in [2.75, 3.05) is 33.1 Å². The second-order valence-electron chi connectivity index (χ2n) is 10.5. The number of carbonyl (C=O) groups excluding carboxylic acids is 1. The highest BCUT2D eigenvalue weighted by molar-refractivity contribution is 7.97. The summed E-state index contributed by atoms with van der Waals surface area (Å²) < 4.78 is 29.5. The second kappa shape index (κ2) is 19.8. The van der Waals surface area contributed by atoms with Crippen LogP contribution in [0.2, 0.25) is 10.0 Å². The first kappa shape index (κ1) is 39.5. The lowest BCUT2D eigenvalue weighted by Gasteiger charge is -2.44. The molecular weight excluding hydrogens is 606 g/mol. The minimum absolute atomic E-state index is 0.00823. The Hall–Kier alpha value is -1.51. The van der Waals surface area contributed by atoms with Gasteiger partial charge in [-0.05, 0) is 99.8 Å². The third-order valence-corrected chi connectivity index (χ3v) is 8.26. The Morgan fingerprint density at radius 1 is 1.00 bits per heavy atom. The number of hydrogen-bond donors (Lipinski definition) is 1. The van der Waals surface area contributed by atoms with Gasteiger partial charge in [0.2, 0.25) is 0 Å². The molecule has 0 radical (unpaired) electrons. The number of benzene rings is 2. The molecule has 1 aliphatic heterocycles. The lowest BCUT2D eigenvalue weighted by atomic mass is 9.87. The van der Waals surface area contributed by atoms with E-state index >= 15 is 0 Å². The molecule has 1 aliphatic carbocycles. The Morgan fingerprint density at radius 2 is 1.56 bits per heavy atom. The van der Waals surface area contributed by atoms with E-state index in [-0.39, 0.29) is 11.6 Å². The van der Waals surface area contributed by atoms with E-state index in [0.29, 0.717) is 34.2 Å². The Balaban J connectivity index is 0.00000145. The highest BCUT2D eigenvalue weighted by Gasteiger charge is 2.38. The van der Waals surface area contributed by atoms with Crippen molar-refractivity contribution in [1.29, 1.82) is 0 Å². The van der Waals surface area contributed by atoms with Crippen LogP contribution in [0.25, 0.3) is 0 Å². The van der Waals surface area contributed by atoms with E-state index in [4.69, 9.17) is 32.7 Å². The van der Waals surface area contributed by atoms with Crippen LogP contribution in [-0.2, 0) is 4.74 Å². The third kappa shape index (κ3) is 11.4. The molecule has 9 heteroatoms. The monoisotopic (exact) mass is 658 g/mol. The highest BCUT2D eigenvalue weighted by Crippen LogP contribution is 2.45. The molecular formula is C34H53Cl2FN2O3S. The minimum atomic E-state index is -0.550. The molecule has 0 spiro atoms. The van der Waals surface area contributed by atoms with Crippen LogP contribution in [0.3, 0.4) is 0 Å². The number of nitrogens with one attached hydrogen (secondary N) is 1. The van der Waals surface area contributed by atoms with Crippen molar-refractivity contribution < 1.29 is 18.7 Å². The number of nitrogens with zero attached hydrogens (tertiary/aromatic N) is 1. The molecule has 244 valence electrons. The van der Waals surface area contributed by atoms with Crippen LogP contribution in [0.4, 0.5) is 4.39 Å². The summed E-state index contributed by atoms with van der Waals surface area (Å²) in [4.78, 5) is 14.7. The van der Waals surface area contributed by atoms with Crippen LogP contribution in [0.1, 0.15) is 115 Å². The smallest absolute Gasteiger partial charge is 0.264 e. The lowest BCUT2D eigenvalue weighted by molar-refractivity contribution is -0.0644. The predicted octanol–water partition coefficient (Wildman–Crippen LogP) is 10.4. The topological polar surface area (TPSA) is 50.8 Å². The van der Waals surface area contributed by atoms with Gasteiger partial charge < -0.3 is 9.47 Å². The number of hydrogen-bond acceptors (Lipinski definition) is 5. The first-order valence-corrected chi connectivity index (χ1v) is 17.7. The molecule has 4 rings (SSSR count). The van der Waals surface area contributed by atoms with Crippen molar-refractivity contribution in [3.8, 4) is 5.75 Å². The molecule has 2 fully saturated rings. The van der Waals surface area contributed by atoms with E-state index in [0.717, 1.165) is 61.8 Å². The maximum absolute atomic E-state index is 14.8. The zero-order valence-electron chi connectivity index (χ0n) is 27.8. The standard InChI is InChI=1S/C28H35Cl2FN2O3S.3C2H6/c1-28(2,35-3)26(19-11-20(29)13-21(30)12-19)33-9-7-17(8-10-33)16-36-25-15-24(31)23(27(34)32-37-4)14-22(25)18-5-6-18;3*1-2/h11-15,17-18,26H,5-10,16H2,1-4H3,(H,32,34);3*1-2H3. The number of methoxy groups -OCH3 is 1. The molecule has 1 amide bonds. The van der Waals surface area contributed by atoms with Crippen LogP contribution in [0.15, 0.2) is 30.3 Å². The molecule has 2 aromatic carbocycles. The number of carbonyl (C=O) groups is 1. The van der Waals surface area contributed by atoms with Crippen molar-refractivity contribution in [3.63, 3.8) is 0 Å². The number of amides is 1. The van der Waals surface area contributed by atoms with Crippen molar-refractivity contribution in [2.24, 2.45) is 5.92 Å². The quantitative estimate of drug-likeness (QED) is 0.257. The van der Waals surface area contributed by atoms with Gasteiger partial charge in [0.25, 0.3) is 5.91 Å². The van der Waals surface area contributed by atoms with Crippen LogP contribution < -0.4 is 9.46 Å². The van der Waals surface area contributed by atoms with Gasteiger partial charge in [0, 0.05) is 29.5 Å². The van der Waals surface area contributed by atoms with Crippen molar-refractivity contribution >= 4 is 41.1 Å². The average molecular weight is 660 g/mol. The van der Waals surface area contributed by atoms with E-state index in [2.05, 4.69) is 23.5 Å². The molecule has 1 N–H and O–H groups in total. The van der Waals surface area contributed by atoms with Gasteiger partial charge in [0.05, 0.1) is 23.8 Å². The maximum atomic E-state index is 14.8. The van der Waals surface area contributed by atoms with E-state index in [1.807, 2.05) is 53.7 Å². The van der Waals surface area contributed by atoms with E-state index in [9.17, 15) is 9.18 Å². The summed E-state index contributed by atoms with van der Waals surface area (Å²) in [5.41, 5.74) is 1.60. The SMILES string of the molecule is CC.CC.CC.COC(C)(C)C(c1cc(Cl)cc(Cl)c1)N1CCC(COc2cc(F)c(C(=O)NSC)cc2C2CC2)CC1. The fourth-order valence-corrected chi connectivity index (χ4v) is 6.05. The molecule has 43 heavy (non-hydrogen) atoms. The van der Waals surface area contributed by atoms with Crippen molar-refractivity contribution in [1.82, 2.24) is 9.62 Å². The van der Waals surface area contributed by atoms with Gasteiger partial charge in [-0.15, -0.1) is 0 Å². The van der Waals surface area contributed by atoms with Gasteiger partial charge in [-0.1, -0.05) is 76.7 Å². The number of ether oxygens (including phenoxy) is 2. The highest BCUT2D eigenvalue weighted by atomic mass is 35.5. The van der Waals surface area contributed by atoms with Crippen LogP contribution in [0, 0.1) is 11.7 Å². The Kier molecular flexibility index (Phi) is 18.2. The predicted molar refractivity (Wildman–Crippen MR) is 183 cm³/mol. The molecule has 0 bridgehead atoms. The zero-order valence-corrected chi connectivity index (χ0v) is 30.1. The fourth-order valence-electron chi connectivity index (χ4n) is 5.21. The van der Waals surface area contributed by atoms with Crippen LogP contribution >= 0.6 is 35.1 Å². The summed E-state index contributed by atoms with van der Waals surface area (Å²) in [6.45, 7) is 18.4. The average Bonchev–Trinajstić information content (AvgIpc) is 3.85. The number of halogens is 3. The molecule has 1 saturated carbocycles. The zero-order chi connectivity index (χ0) is 32.7. The molecule has 0 aromatic heterocycles. The number of likely N-dealkylation sites (tertiary alicyclic amines) is 1. The molecule has 2 aromatic rings. The Labute approximate surface area is 274 Å². The summed E-state index contributed by atoms with van der Waals surface area (Å²) >= 11 is 13.8. The molecule has 1 saturated heterocycles. The second-order valence-corrected chi connectivity index (χ2v) is 12.0. The third-order valence-electron chi connectivity index (χ3n) is 7.43. The van der Waals surface area contributed by atoms with Gasteiger partial charge in [-0.2, -0.15) is 0 Å². The van der Waals surface area contributed by atoms with Crippen LogP contribution in [0.5, 0.6) is 5.75 Å². The first-order chi connectivity index (χ1) is 20.6. The summed E-state index contributed by atoms with van der Waals surface area (Å²) in [5.74, 6) is 0.279. The maximum Gasteiger partial charge on any atom is 0.264 e. The van der Waals surface area contributed by atoms with Gasteiger partial charge >= 0.3 is 0 Å². The molecule has 1 unspecified atom stereocenters. The summed E-state index contributed by atoms with van der Waals surface area (Å²) in [7, 11) is 1.73. The van der Waals surface area contributed by atoms with Crippen molar-refractivity contribution in [2.45, 2.75) is 98.6 Å².